The van der Waals surface area contributed by atoms with E-state index in [4.69, 9.17) is 37.4 Å². The third kappa shape index (κ3) is 3.72. The molecule has 3 aromatic heterocycles. The number of halogens is 2. The minimum absolute atomic E-state index is 0.0976. The molecule has 4 aromatic rings. The van der Waals surface area contributed by atoms with Crippen LogP contribution in [0.2, 0.25) is 10.0 Å². The maximum absolute atomic E-state index is 6.78. The van der Waals surface area contributed by atoms with Crippen LogP contribution in [-0.2, 0) is 16.8 Å². The molecule has 4 saturated carbocycles. The lowest BCUT2D eigenvalue weighted by molar-refractivity contribution is -0.127. The first-order chi connectivity index (χ1) is 17.1. The van der Waals surface area contributed by atoms with Gasteiger partial charge in [0.2, 0.25) is 0 Å². The van der Waals surface area contributed by atoms with Crippen LogP contribution >= 0.6 is 34.5 Å². The molecule has 4 aliphatic carbocycles. The molecule has 3 heterocycles. The lowest BCUT2D eigenvalue weighted by Gasteiger charge is -2.52. The second-order valence-corrected chi connectivity index (χ2v) is 12.2. The third-order valence-corrected chi connectivity index (χ3v) is 10.2. The molecule has 4 fully saturated rings. The van der Waals surface area contributed by atoms with E-state index in [-0.39, 0.29) is 11.0 Å². The molecule has 0 aliphatic heterocycles. The summed E-state index contributed by atoms with van der Waals surface area (Å²) < 4.78 is 13.9. The summed E-state index contributed by atoms with van der Waals surface area (Å²) >= 11 is 14.8. The summed E-state index contributed by atoms with van der Waals surface area (Å²) in [5, 5.41) is 6.67. The van der Waals surface area contributed by atoms with Crippen molar-refractivity contribution in [1.29, 1.82) is 0 Å². The Hall–Kier alpha value is -1.99. The Bertz CT molecular complexity index is 1350. The number of hydrogen-bond acceptors (Lipinski definition) is 6. The highest BCUT2D eigenvalue weighted by atomic mass is 35.5. The highest BCUT2D eigenvalue weighted by molar-refractivity contribution is 7.18. The molecule has 4 aliphatic rings. The predicted octanol–water partition coefficient (Wildman–Crippen LogP) is 8.09. The van der Waals surface area contributed by atoms with Crippen molar-refractivity contribution in [3.05, 3.63) is 63.0 Å². The number of fused-ring (bicyclic) bond motifs is 4. The standard InChI is InChI=1S/C27H25Cl2N3O2S/c28-18-13-30-14-19(29)22(18)23-17(24(34-32-23)16-5-6-16)15-33-27-10-7-26(8-11-27,9-12-27)25-31-20-3-1-2-4-21(20)35-25/h1-4,13-14,16H,5-12,15H2. The molecular formula is C27H25Cl2N3O2S. The fourth-order valence-corrected chi connectivity index (χ4v) is 7.76. The number of rotatable bonds is 6. The molecule has 0 unspecified atom stereocenters. The first kappa shape index (κ1) is 22.2. The number of nitrogens with zero attached hydrogens (tertiary/aromatic N) is 3. The molecular weight excluding hydrogens is 501 g/mol. The van der Waals surface area contributed by atoms with Crippen LogP contribution in [0.4, 0.5) is 0 Å². The van der Waals surface area contributed by atoms with E-state index in [2.05, 4.69) is 34.4 Å². The van der Waals surface area contributed by atoms with Gasteiger partial charge in [-0.05, 0) is 63.5 Å². The van der Waals surface area contributed by atoms with Crippen molar-refractivity contribution in [2.75, 3.05) is 0 Å². The van der Waals surface area contributed by atoms with Gasteiger partial charge < -0.3 is 9.26 Å². The van der Waals surface area contributed by atoms with Crippen LogP contribution in [0.1, 0.15) is 73.6 Å². The quantitative estimate of drug-likeness (QED) is 0.254. The van der Waals surface area contributed by atoms with Gasteiger partial charge >= 0.3 is 0 Å². The van der Waals surface area contributed by atoms with Crippen molar-refractivity contribution in [3.8, 4) is 11.3 Å². The summed E-state index contributed by atoms with van der Waals surface area (Å²) in [6.45, 7) is 0.466. The maximum Gasteiger partial charge on any atom is 0.145 e. The Kier molecular flexibility index (Phi) is 5.25. The SMILES string of the molecule is Clc1cncc(Cl)c1-c1noc(C2CC2)c1COC12CCC(c3nc4ccccc4s3)(CC1)CC2. The lowest BCUT2D eigenvalue weighted by atomic mass is 9.59. The van der Waals surface area contributed by atoms with Gasteiger partial charge in [-0.25, -0.2) is 4.98 Å². The topological polar surface area (TPSA) is 61.0 Å². The van der Waals surface area contributed by atoms with Crippen molar-refractivity contribution >= 4 is 44.8 Å². The predicted molar refractivity (Wildman–Crippen MR) is 138 cm³/mol. The normalized spacial score (nSPS) is 26.0. The number of pyridine rings is 1. The smallest absolute Gasteiger partial charge is 0.145 e. The van der Waals surface area contributed by atoms with Crippen molar-refractivity contribution < 1.29 is 9.26 Å². The van der Waals surface area contributed by atoms with Crippen LogP contribution in [0, 0.1) is 0 Å². The minimum Gasteiger partial charge on any atom is -0.370 e. The zero-order chi connectivity index (χ0) is 23.6. The molecule has 180 valence electrons. The van der Waals surface area contributed by atoms with Crippen LogP contribution < -0.4 is 0 Å². The number of aromatic nitrogens is 3. The van der Waals surface area contributed by atoms with Gasteiger partial charge in [0.05, 0.1) is 37.5 Å². The average molecular weight is 526 g/mol. The molecule has 8 rings (SSSR count). The molecule has 0 spiro atoms. The van der Waals surface area contributed by atoms with E-state index >= 15 is 0 Å². The Morgan fingerprint density at radius 3 is 2.40 bits per heavy atom. The van der Waals surface area contributed by atoms with E-state index in [1.807, 2.05) is 11.3 Å². The second-order valence-electron chi connectivity index (χ2n) is 10.4. The van der Waals surface area contributed by atoms with Crippen LogP contribution in [-0.4, -0.2) is 20.7 Å². The summed E-state index contributed by atoms with van der Waals surface area (Å²) in [5.41, 5.74) is 3.59. The van der Waals surface area contributed by atoms with Crippen molar-refractivity contribution in [1.82, 2.24) is 15.1 Å². The zero-order valence-electron chi connectivity index (χ0n) is 19.2. The van der Waals surface area contributed by atoms with Gasteiger partial charge in [-0.2, -0.15) is 0 Å². The van der Waals surface area contributed by atoms with E-state index in [1.165, 1.54) is 9.71 Å². The highest BCUT2D eigenvalue weighted by Crippen LogP contribution is 2.56. The Morgan fingerprint density at radius 1 is 1.00 bits per heavy atom. The molecule has 0 N–H and O–H groups in total. The number of para-hydroxylation sites is 1. The fraction of sp³-hybridized carbons (Fsp3) is 0.444. The largest absolute Gasteiger partial charge is 0.370 e. The van der Waals surface area contributed by atoms with Crippen LogP contribution in [0.15, 0.2) is 41.2 Å². The van der Waals surface area contributed by atoms with Gasteiger partial charge in [0.1, 0.15) is 11.5 Å². The first-order valence-corrected chi connectivity index (χ1v) is 13.9. The number of ether oxygens (including phenoxy) is 1. The summed E-state index contributed by atoms with van der Waals surface area (Å²) in [7, 11) is 0. The molecule has 8 heteroatoms. The van der Waals surface area contributed by atoms with Gasteiger partial charge in [-0.15, -0.1) is 11.3 Å². The molecule has 0 radical (unpaired) electrons. The van der Waals surface area contributed by atoms with Crippen molar-refractivity contribution in [2.45, 2.75) is 74.9 Å². The first-order valence-electron chi connectivity index (χ1n) is 12.3. The Labute approximate surface area is 217 Å². The highest BCUT2D eigenvalue weighted by Gasteiger charge is 2.51. The molecule has 1 aromatic carbocycles. The van der Waals surface area contributed by atoms with Crippen LogP contribution in [0.3, 0.4) is 0 Å². The van der Waals surface area contributed by atoms with Crippen LogP contribution in [0.25, 0.3) is 21.5 Å². The van der Waals surface area contributed by atoms with Gasteiger partial charge in [0.15, 0.2) is 0 Å². The van der Waals surface area contributed by atoms with Gasteiger partial charge in [-0.1, -0.05) is 40.5 Å². The zero-order valence-corrected chi connectivity index (χ0v) is 21.6. The van der Waals surface area contributed by atoms with Crippen molar-refractivity contribution in [3.63, 3.8) is 0 Å². The summed E-state index contributed by atoms with van der Waals surface area (Å²) in [6.07, 6.45) is 12.0. The summed E-state index contributed by atoms with van der Waals surface area (Å²) in [6, 6.07) is 8.48. The number of thiazole rings is 1. The van der Waals surface area contributed by atoms with E-state index < -0.39 is 0 Å². The number of hydrogen-bond donors (Lipinski definition) is 0. The van der Waals surface area contributed by atoms with E-state index in [1.54, 1.807) is 12.4 Å². The van der Waals surface area contributed by atoms with Crippen LogP contribution in [0.5, 0.6) is 0 Å². The van der Waals surface area contributed by atoms with E-state index in [9.17, 15) is 0 Å². The average Bonchev–Trinajstić information content (AvgIpc) is 3.49. The van der Waals surface area contributed by atoms with Gasteiger partial charge in [0, 0.05) is 34.9 Å². The minimum atomic E-state index is -0.0976. The molecule has 5 nitrogen and oxygen atoms in total. The Morgan fingerprint density at radius 2 is 1.71 bits per heavy atom. The van der Waals surface area contributed by atoms with Gasteiger partial charge in [-0.3, -0.25) is 4.98 Å². The van der Waals surface area contributed by atoms with E-state index in [0.29, 0.717) is 33.8 Å². The second kappa shape index (κ2) is 8.27. The summed E-state index contributed by atoms with van der Waals surface area (Å²) in [5.74, 6) is 1.34. The monoisotopic (exact) mass is 525 g/mol. The lowest BCUT2D eigenvalue weighted by Crippen LogP contribution is -2.49. The molecule has 0 amide bonds. The summed E-state index contributed by atoms with van der Waals surface area (Å²) in [4.78, 5) is 9.13. The molecule has 35 heavy (non-hydrogen) atoms. The molecule has 0 saturated heterocycles. The fourth-order valence-electron chi connectivity index (χ4n) is 5.97. The van der Waals surface area contributed by atoms with Crippen molar-refractivity contribution in [2.24, 2.45) is 0 Å². The third-order valence-electron chi connectivity index (χ3n) is 8.30. The molecule has 0 atom stereocenters. The van der Waals surface area contributed by atoms with E-state index in [0.717, 1.165) is 68.2 Å². The Balaban J connectivity index is 1.14. The van der Waals surface area contributed by atoms with Gasteiger partial charge in [0.25, 0.3) is 0 Å². The molecule has 2 bridgehead atoms. The maximum atomic E-state index is 6.78. The number of benzene rings is 1.